The molecule has 2 heterocycles. The molecule has 2 fully saturated rings. The van der Waals surface area contributed by atoms with Crippen LogP contribution in [0.2, 0.25) is 0 Å². The van der Waals surface area contributed by atoms with Crippen LogP contribution in [0.15, 0.2) is 40.8 Å². The van der Waals surface area contributed by atoms with E-state index < -0.39 is 0 Å². The van der Waals surface area contributed by atoms with Crippen molar-refractivity contribution in [1.29, 1.82) is 0 Å². The van der Waals surface area contributed by atoms with Crippen molar-refractivity contribution >= 4 is 17.5 Å². The minimum Gasteiger partial charge on any atom is -0.465 e. The number of hydrogen-bond acceptors (Lipinski definition) is 4. The Balaban J connectivity index is 1.38. The molecule has 1 aliphatic carbocycles. The molecule has 2 amide bonds. The Morgan fingerprint density at radius 2 is 1.84 bits per heavy atom. The van der Waals surface area contributed by atoms with Crippen molar-refractivity contribution in [1.82, 2.24) is 10.2 Å². The maximum Gasteiger partial charge on any atom is 0.251 e. The molecule has 6 heteroatoms. The molecule has 4 rings (SSSR count). The van der Waals surface area contributed by atoms with Crippen molar-refractivity contribution in [2.24, 2.45) is 5.92 Å². The average Bonchev–Trinajstić information content (AvgIpc) is 3.47. The van der Waals surface area contributed by atoms with Gasteiger partial charge in [0.15, 0.2) is 0 Å². The first-order valence-electron chi connectivity index (χ1n) is 11.6. The van der Waals surface area contributed by atoms with Gasteiger partial charge >= 0.3 is 0 Å². The van der Waals surface area contributed by atoms with Crippen LogP contribution in [0.3, 0.4) is 0 Å². The van der Waals surface area contributed by atoms with Gasteiger partial charge in [-0.05, 0) is 76.0 Å². The van der Waals surface area contributed by atoms with E-state index in [4.69, 9.17) is 4.42 Å². The third kappa shape index (κ3) is 5.56. The summed E-state index contributed by atoms with van der Waals surface area (Å²) in [5.74, 6) is 1.80. The standard InChI is InChI=1S/C25H33N3O3/c1-18-12-13-23(31-18)22(28-14-5-6-15-28)17-26-24(29)20-10-7-11-21(16-20)27-25(30)19-8-3-2-4-9-19/h7,10-13,16,19,22H,2-6,8-9,14-15,17H2,1H3,(H,26,29)(H,27,30). The van der Waals surface area contributed by atoms with Crippen LogP contribution in [0.25, 0.3) is 0 Å². The number of nitrogens with zero attached hydrogens (tertiary/aromatic N) is 1. The summed E-state index contributed by atoms with van der Waals surface area (Å²) < 4.78 is 5.88. The number of nitrogens with one attached hydrogen (secondary N) is 2. The zero-order valence-corrected chi connectivity index (χ0v) is 18.4. The van der Waals surface area contributed by atoms with E-state index in [9.17, 15) is 9.59 Å². The molecule has 31 heavy (non-hydrogen) atoms. The van der Waals surface area contributed by atoms with Gasteiger partial charge in [0.05, 0.1) is 6.04 Å². The van der Waals surface area contributed by atoms with E-state index in [0.717, 1.165) is 50.3 Å². The summed E-state index contributed by atoms with van der Waals surface area (Å²) >= 11 is 0. The number of hydrogen-bond donors (Lipinski definition) is 2. The van der Waals surface area contributed by atoms with Gasteiger partial charge in [-0.2, -0.15) is 0 Å². The van der Waals surface area contributed by atoms with Crippen LogP contribution in [0.5, 0.6) is 0 Å². The Bertz CT molecular complexity index is 895. The number of benzene rings is 1. The monoisotopic (exact) mass is 423 g/mol. The van der Waals surface area contributed by atoms with E-state index in [2.05, 4.69) is 15.5 Å². The summed E-state index contributed by atoms with van der Waals surface area (Å²) in [6, 6.07) is 11.2. The first-order valence-corrected chi connectivity index (χ1v) is 11.6. The van der Waals surface area contributed by atoms with Crippen LogP contribution in [0, 0.1) is 12.8 Å². The molecule has 1 aromatic carbocycles. The second-order valence-electron chi connectivity index (χ2n) is 8.82. The lowest BCUT2D eigenvalue weighted by molar-refractivity contribution is -0.120. The number of anilines is 1. The molecule has 1 aliphatic heterocycles. The van der Waals surface area contributed by atoms with Gasteiger partial charge < -0.3 is 15.1 Å². The van der Waals surface area contributed by atoms with E-state index in [-0.39, 0.29) is 23.8 Å². The molecule has 2 N–H and O–H groups in total. The number of likely N-dealkylation sites (tertiary alicyclic amines) is 1. The molecular weight excluding hydrogens is 390 g/mol. The van der Waals surface area contributed by atoms with E-state index >= 15 is 0 Å². The summed E-state index contributed by atoms with van der Waals surface area (Å²) in [4.78, 5) is 27.8. The van der Waals surface area contributed by atoms with Crippen molar-refractivity contribution < 1.29 is 14.0 Å². The lowest BCUT2D eigenvalue weighted by Gasteiger charge is -2.26. The van der Waals surface area contributed by atoms with Gasteiger partial charge in [0.2, 0.25) is 5.91 Å². The number of carbonyl (C=O) groups is 2. The highest BCUT2D eigenvalue weighted by molar-refractivity contribution is 5.97. The fourth-order valence-electron chi connectivity index (χ4n) is 4.73. The van der Waals surface area contributed by atoms with Crippen LogP contribution >= 0.6 is 0 Å². The normalized spacial score (nSPS) is 18.6. The molecule has 1 unspecified atom stereocenters. The second kappa shape index (κ2) is 10.1. The molecule has 1 atom stereocenters. The lowest BCUT2D eigenvalue weighted by atomic mass is 9.88. The molecule has 0 spiro atoms. The quantitative estimate of drug-likeness (QED) is 0.678. The zero-order valence-electron chi connectivity index (χ0n) is 18.4. The van der Waals surface area contributed by atoms with Crippen LogP contribution < -0.4 is 10.6 Å². The van der Waals surface area contributed by atoms with E-state index in [1.165, 1.54) is 19.3 Å². The van der Waals surface area contributed by atoms with Crippen molar-refractivity contribution in [3.05, 3.63) is 53.5 Å². The molecule has 2 aromatic rings. The lowest BCUT2D eigenvalue weighted by Crippen LogP contribution is -2.36. The third-order valence-electron chi connectivity index (χ3n) is 6.50. The third-order valence-corrected chi connectivity index (χ3v) is 6.50. The highest BCUT2D eigenvalue weighted by atomic mass is 16.3. The molecule has 1 saturated carbocycles. The molecule has 166 valence electrons. The summed E-state index contributed by atoms with van der Waals surface area (Å²) in [6.45, 7) is 4.46. The van der Waals surface area contributed by atoms with Crippen molar-refractivity contribution in [2.45, 2.75) is 57.9 Å². The predicted molar refractivity (Wildman–Crippen MR) is 121 cm³/mol. The van der Waals surface area contributed by atoms with Gasteiger partial charge in [-0.15, -0.1) is 0 Å². The fraction of sp³-hybridized carbons (Fsp3) is 0.520. The minimum absolute atomic E-state index is 0.0364. The maximum atomic E-state index is 12.9. The topological polar surface area (TPSA) is 74.6 Å². The Morgan fingerprint density at radius 1 is 1.06 bits per heavy atom. The first-order chi connectivity index (χ1) is 15.1. The van der Waals surface area contributed by atoms with Crippen molar-refractivity contribution in [2.75, 3.05) is 25.0 Å². The van der Waals surface area contributed by atoms with Gasteiger partial charge in [0.1, 0.15) is 11.5 Å². The fourth-order valence-corrected chi connectivity index (χ4v) is 4.73. The van der Waals surface area contributed by atoms with Crippen LogP contribution in [0.1, 0.15) is 72.9 Å². The molecule has 6 nitrogen and oxygen atoms in total. The predicted octanol–water partition coefficient (Wildman–Crippen LogP) is 4.67. The minimum atomic E-state index is -0.138. The zero-order chi connectivity index (χ0) is 21.6. The summed E-state index contributed by atoms with van der Waals surface area (Å²) in [5, 5.41) is 6.08. The number of furan rings is 1. The molecule has 0 bridgehead atoms. The highest BCUT2D eigenvalue weighted by Crippen LogP contribution is 2.27. The Labute approximate surface area is 184 Å². The van der Waals surface area contributed by atoms with E-state index in [1.54, 1.807) is 12.1 Å². The first kappa shape index (κ1) is 21.6. The van der Waals surface area contributed by atoms with Crippen molar-refractivity contribution in [3.8, 4) is 0 Å². The molecule has 1 saturated heterocycles. The molecule has 2 aliphatic rings. The van der Waals surface area contributed by atoms with Crippen molar-refractivity contribution in [3.63, 3.8) is 0 Å². The average molecular weight is 424 g/mol. The number of aryl methyl sites for hydroxylation is 1. The van der Waals surface area contributed by atoms with Gasteiger partial charge in [-0.1, -0.05) is 25.3 Å². The molecule has 0 radical (unpaired) electrons. The SMILES string of the molecule is Cc1ccc(C(CNC(=O)c2cccc(NC(=O)C3CCCCC3)c2)N2CCCC2)o1. The van der Waals surface area contributed by atoms with Crippen LogP contribution in [-0.4, -0.2) is 36.3 Å². The van der Waals surface area contributed by atoms with Gasteiger partial charge in [0.25, 0.3) is 5.91 Å². The van der Waals surface area contributed by atoms with E-state index in [1.807, 2.05) is 31.2 Å². The van der Waals surface area contributed by atoms with E-state index in [0.29, 0.717) is 17.8 Å². The second-order valence-corrected chi connectivity index (χ2v) is 8.82. The number of amides is 2. The largest absolute Gasteiger partial charge is 0.465 e. The molecule has 1 aromatic heterocycles. The number of carbonyl (C=O) groups excluding carboxylic acids is 2. The van der Waals surface area contributed by atoms with Gasteiger partial charge in [-0.3, -0.25) is 14.5 Å². The Kier molecular flexibility index (Phi) is 7.07. The van der Waals surface area contributed by atoms with Gasteiger partial charge in [-0.25, -0.2) is 0 Å². The summed E-state index contributed by atoms with van der Waals surface area (Å²) in [7, 11) is 0. The Morgan fingerprint density at radius 3 is 2.55 bits per heavy atom. The maximum absolute atomic E-state index is 12.9. The Hall–Kier alpha value is -2.60. The summed E-state index contributed by atoms with van der Waals surface area (Å²) in [5.41, 5.74) is 1.23. The van der Waals surface area contributed by atoms with Crippen LogP contribution in [0.4, 0.5) is 5.69 Å². The smallest absolute Gasteiger partial charge is 0.251 e. The highest BCUT2D eigenvalue weighted by Gasteiger charge is 2.26. The molecular formula is C25H33N3O3. The number of rotatable bonds is 7. The summed E-state index contributed by atoms with van der Waals surface area (Å²) in [6.07, 6.45) is 7.71. The van der Waals surface area contributed by atoms with Crippen LogP contribution in [-0.2, 0) is 4.79 Å². The van der Waals surface area contributed by atoms with Gasteiger partial charge in [0, 0.05) is 23.7 Å².